The van der Waals surface area contributed by atoms with Crippen LogP contribution in [-0.4, -0.2) is 39.9 Å². The molecule has 0 spiro atoms. The van der Waals surface area contributed by atoms with Gasteiger partial charge in [-0.2, -0.15) is 0 Å². The lowest BCUT2D eigenvalue weighted by atomic mass is 9.40. The molecule has 2 unspecified atom stereocenters. The van der Waals surface area contributed by atoms with Gasteiger partial charge in [-0.15, -0.1) is 0 Å². The highest BCUT2D eigenvalue weighted by Crippen LogP contribution is 2.69. The zero-order chi connectivity index (χ0) is 15.0. The van der Waals surface area contributed by atoms with Gasteiger partial charge in [-0.25, -0.2) is 0 Å². The fourth-order valence-electron chi connectivity index (χ4n) is 6.71. The molecular formula is C18H34N2O. The first-order valence-corrected chi connectivity index (χ1v) is 8.87. The zero-order valence-electron chi connectivity index (χ0n) is 14.3. The van der Waals surface area contributed by atoms with Crippen LogP contribution in [0.15, 0.2) is 0 Å². The van der Waals surface area contributed by atoms with Gasteiger partial charge in [0.25, 0.3) is 0 Å². The Morgan fingerprint density at radius 1 is 0.905 bits per heavy atom. The molecule has 0 aromatic carbocycles. The number of ether oxygens (including phenoxy) is 1. The first-order valence-electron chi connectivity index (χ1n) is 8.87. The Labute approximate surface area is 130 Å². The highest BCUT2D eigenvalue weighted by Gasteiger charge is 2.59. The van der Waals surface area contributed by atoms with E-state index in [1.807, 2.05) is 0 Å². The van der Waals surface area contributed by atoms with E-state index in [9.17, 15) is 0 Å². The molecular weight excluding hydrogens is 260 g/mol. The molecule has 2 N–H and O–H groups in total. The van der Waals surface area contributed by atoms with E-state index in [1.165, 1.54) is 45.1 Å². The number of rotatable bonds is 8. The standard InChI is InChI=1S/C18H34N2O/c1-16-8-15-9-17(2,11-16)13-18(10-15,12-16)14-20-5-4-19-6-7-21-3/h15,19-20H,4-14H2,1-3H3. The van der Waals surface area contributed by atoms with Crippen molar-refractivity contribution >= 4 is 0 Å². The minimum Gasteiger partial charge on any atom is -0.383 e. The molecule has 4 saturated carbocycles. The monoisotopic (exact) mass is 294 g/mol. The Balaban J connectivity index is 1.47. The van der Waals surface area contributed by atoms with Crippen LogP contribution < -0.4 is 10.6 Å². The van der Waals surface area contributed by atoms with Crippen LogP contribution in [0.5, 0.6) is 0 Å². The molecule has 4 fully saturated rings. The van der Waals surface area contributed by atoms with Gasteiger partial charge in [0.2, 0.25) is 0 Å². The molecule has 122 valence electrons. The van der Waals surface area contributed by atoms with E-state index in [1.54, 1.807) is 7.11 Å². The minimum absolute atomic E-state index is 0.607. The smallest absolute Gasteiger partial charge is 0.0587 e. The molecule has 0 aromatic rings. The Morgan fingerprint density at radius 3 is 2.19 bits per heavy atom. The molecule has 3 heteroatoms. The molecule has 4 aliphatic carbocycles. The van der Waals surface area contributed by atoms with Gasteiger partial charge in [0.05, 0.1) is 6.61 Å². The predicted molar refractivity (Wildman–Crippen MR) is 87.5 cm³/mol. The third-order valence-electron chi connectivity index (χ3n) is 6.20. The van der Waals surface area contributed by atoms with Gasteiger partial charge in [0, 0.05) is 33.3 Å². The molecule has 0 aliphatic heterocycles. The number of nitrogens with one attached hydrogen (secondary N) is 2. The summed E-state index contributed by atoms with van der Waals surface area (Å²) in [5.41, 5.74) is 1.90. The number of hydrogen-bond acceptors (Lipinski definition) is 3. The fraction of sp³-hybridized carbons (Fsp3) is 1.00. The summed E-state index contributed by atoms with van der Waals surface area (Å²) in [6, 6.07) is 0. The molecule has 0 aromatic heterocycles. The lowest BCUT2D eigenvalue weighted by Crippen LogP contribution is -2.57. The summed E-state index contributed by atoms with van der Waals surface area (Å²) in [6.45, 7) is 10.3. The average Bonchev–Trinajstić information content (AvgIpc) is 2.33. The van der Waals surface area contributed by atoms with Crippen molar-refractivity contribution in [3.05, 3.63) is 0 Å². The molecule has 21 heavy (non-hydrogen) atoms. The normalized spacial score (nSPS) is 44.4. The van der Waals surface area contributed by atoms with Crippen molar-refractivity contribution in [2.24, 2.45) is 22.2 Å². The molecule has 4 rings (SSSR count). The van der Waals surface area contributed by atoms with Gasteiger partial charge in [0.15, 0.2) is 0 Å². The van der Waals surface area contributed by atoms with Crippen molar-refractivity contribution < 1.29 is 4.74 Å². The number of hydrogen-bond donors (Lipinski definition) is 2. The topological polar surface area (TPSA) is 33.3 Å². The lowest BCUT2D eigenvalue weighted by Gasteiger charge is -2.65. The molecule has 0 radical (unpaired) electrons. The van der Waals surface area contributed by atoms with Crippen molar-refractivity contribution in [2.45, 2.75) is 52.4 Å². The Bertz CT molecular complexity index is 352. The Kier molecular flexibility index (Phi) is 4.37. The summed E-state index contributed by atoms with van der Waals surface area (Å²) in [5.74, 6) is 1.01. The van der Waals surface area contributed by atoms with Crippen LogP contribution in [0.2, 0.25) is 0 Å². The average molecular weight is 294 g/mol. The number of methoxy groups -OCH3 is 1. The van der Waals surface area contributed by atoms with Crippen LogP contribution in [-0.2, 0) is 4.74 Å². The molecule has 2 atom stereocenters. The minimum atomic E-state index is 0.607. The van der Waals surface area contributed by atoms with Gasteiger partial charge < -0.3 is 15.4 Å². The van der Waals surface area contributed by atoms with E-state index in [-0.39, 0.29) is 0 Å². The maximum absolute atomic E-state index is 5.05. The first kappa shape index (κ1) is 15.8. The SMILES string of the molecule is COCCNCCNCC12CC3CC(C)(CC(C)(C3)C1)C2. The Hall–Kier alpha value is -0.120. The molecule has 4 bridgehead atoms. The maximum Gasteiger partial charge on any atom is 0.0587 e. The molecule has 3 nitrogen and oxygen atoms in total. The van der Waals surface area contributed by atoms with Crippen LogP contribution in [0.25, 0.3) is 0 Å². The summed E-state index contributed by atoms with van der Waals surface area (Å²) < 4.78 is 5.05. The van der Waals surface area contributed by atoms with Gasteiger partial charge in [-0.05, 0) is 60.7 Å². The fourth-order valence-corrected chi connectivity index (χ4v) is 6.71. The lowest BCUT2D eigenvalue weighted by molar-refractivity contribution is -0.143. The van der Waals surface area contributed by atoms with Gasteiger partial charge in [-0.3, -0.25) is 0 Å². The quantitative estimate of drug-likeness (QED) is 0.675. The van der Waals surface area contributed by atoms with Gasteiger partial charge in [-0.1, -0.05) is 13.8 Å². The molecule has 0 heterocycles. The van der Waals surface area contributed by atoms with Crippen LogP contribution in [0.1, 0.15) is 52.4 Å². The Morgan fingerprint density at radius 2 is 1.57 bits per heavy atom. The van der Waals surface area contributed by atoms with Crippen LogP contribution in [0.3, 0.4) is 0 Å². The first-order chi connectivity index (χ1) is 9.97. The van der Waals surface area contributed by atoms with Crippen molar-refractivity contribution in [1.29, 1.82) is 0 Å². The van der Waals surface area contributed by atoms with E-state index < -0.39 is 0 Å². The molecule has 4 aliphatic rings. The van der Waals surface area contributed by atoms with E-state index in [4.69, 9.17) is 4.74 Å². The summed E-state index contributed by atoms with van der Waals surface area (Å²) in [6.07, 6.45) is 8.91. The molecule has 0 saturated heterocycles. The third-order valence-corrected chi connectivity index (χ3v) is 6.20. The highest BCUT2D eigenvalue weighted by atomic mass is 16.5. The second-order valence-electron chi connectivity index (χ2n) is 9.05. The van der Waals surface area contributed by atoms with Crippen molar-refractivity contribution in [3.63, 3.8) is 0 Å². The highest BCUT2D eigenvalue weighted by molar-refractivity contribution is 5.10. The second kappa shape index (κ2) is 5.82. The van der Waals surface area contributed by atoms with Crippen LogP contribution in [0, 0.1) is 22.2 Å². The summed E-state index contributed by atoms with van der Waals surface area (Å²) in [4.78, 5) is 0. The van der Waals surface area contributed by atoms with Crippen molar-refractivity contribution in [2.75, 3.05) is 39.9 Å². The molecule has 0 amide bonds. The zero-order valence-corrected chi connectivity index (χ0v) is 14.3. The van der Waals surface area contributed by atoms with E-state index in [0.717, 1.165) is 32.2 Å². The van der Waals surface area contributed by atoms with E-state index in [0.29, 0.717) is 16.2 Å². The van der Waals surface area contributed by atoms with Crippen molar-refractivity contribution in [1.82, 2.24) is 10.6 Å². The summed E-state index contributed by atoms with van der Waals surface area (Å²) >= 11 is 0. The summed E-state index contributed by atoms with van der Waals surface area (Å²) in [7, 11) is 1.76. The largest absolute Gasteiger partial charge is 0.383 e. The second-order valence-corrected chi connectivity index (χ2v) is 9.05. The maximum atomic E-state index is 5.05. The van der Waals surface area contributed by atoms with Gasteiger partial charge >= 0.3 is 0 Å². The van der Waals surface area contributed by atoms with Crippen molar-refractivity contribution in [3.8, 4) is 0 Å². The predicted octanol–water partition coefficient (Wildman–Crippen LogP) is 2.81. The van der Waals surface area contributed by atoms with Gasteiger partial charge in [0.1, 0.15) is 0 Å². The van der Waals surface area contributed by atoms with Crippen LogP contribution >= 0.6 is 0 Å². The van der Waals surface area contributed by atoms with E-state index >= 15 is 0 Å². The van der Waals surface area contributed by atoms with Crippen LogP contribution in [0.4, 0.5) is 0 Å². The summed E-state index contributed by atoms with van der Waals surface area (Å²) in [5, 5.41) is 7.17. The third kappa shape index (κ3) is 3.46. The van der Waals surface area contributed by atoms with E-state index in [2.05, 4.69) is 24.5 Å².